The number of hydrogen-bond acceptors (Lipinski definition) is 4. The summed E-state index contributed by atoms with van der Waals surface area (Å²) in [4.78, 5) is 29.0. The van der Waals surface area contributed by atoms with Crippen molar-refractivity contribution in [1.82, 2.24) is 14.1 Å². The Morgan fingerprint density at radius 3 is 2.68 bits per heavy atom. The molecule has 0 N–H and O–H groups in total. The van der Waals surface area contributed by atoms with Gasteiger partial charge in [0, 0.05) is 40.3 Å². The van der Waals surface area contributed by atoms with Gasteiger partial charge in [-0.05, 0) is 30.5 Å². The molecule has 0 saturated carbocycles. The molecule has 2 aliphatic rings. The van der Waals surface area contributed by atoms with E-state index in [9.17, 15) is 22.4 Å². The van der Waals surface area contributed by atoms with Crippen LogP contribution >= 0.6 is 0 Å². The molecule has 0 spiro atoms. The quantitative estimate of drug-likeness (QED) is 0.734. The number of nitrogens with zero attached hydrogens (tertiary/aromatic N) is 3. The lowest BCUT2D eigenvalue weighted by Gasteiger charge is -2.53. The molecular formula is C19H26FN3O4S. The van der Waals surface area contributed by atoms with Crippen LogP contribution in [-0.2, 0) is 26.0 Å². The van der Waals surface area contributed by atoms with Crippen molar-refractivity contribution >= 4 is 21.8 Å². The van der Waals surface area contributed by atoms with Crippen molar-refractivity contribution in [2.75, 3.05) is 40.0 Å². The standard InChI is InChI=1S/C19H26FN3O4S/c1-21(2)18(25)19-8-10-28(26,27)22(3)16(19)7-9-23(13-19)17(24)12-14-5-4-6-15(20)11-14/h4-6,11,16H,7-10,12-13H2,1-3H3/t16-,19+/m1/s1. The van der Waals surface area contributed by atoms with E-state index in [1.807, 2.05) is 0 Å². The van der Waals surface area contributed by atoms with Gasteiger partial charge >= 0.3 is 0 Å². The first kappa shape index (κ1) is 20.7. The summed E-state index contributed by atoms with van der Waals surface area (Å²) in [6.45, 7) is 0.532. The Kier molecular flexibility index (Phi) is 5.51. The minimum Gasteiger partial charge on any atom is -0.348 e. The highest BCUT2D eigenvalue weighted by Gasteiger charge is 2.57. The highest BCUT2D eigenvalue weighted by atomic mass is 32.2. The Hall–Kier alpha value is -2.00. The highest BCUT2D eigenvalue weighted by Crippen LogP contribution is 2.43. The summed E-state index contributed by atoms with van der Waals surface area (Å²) in [5, 5.41) is 0. The molecule has 1 aromatic carbocycles. The SMILES string of the molecule is CN(C)C(=O)[C@]12CCS(=O)(=O)N(C)[C@@H]1CCN(C(=O)Cc1cccc(F)c1)C2. The van der Waals surface area contributed by atoms with Gasteiger partial charge in [-0.1, -0.05) is 12.1 Å². The van der Waals surface area contributed by atoms with Gasteiger partial charge in [-0.25, -0.2) is 17.1 Å². The Bertz CT molecular complexity index is 889. The average Bonchev–Trinajstić information content (AvgIpc) is 2.64. The van der Waals surface area contributed by atoms with E-state index >= 15 is 0 Å². The fourth-order valence-electron chi connectivity index (χ4n) is 4.41. The Morgan fingerprint density at radius 1 is 1.32 bits per heavy atom. The van der Waals surface area contributed by atoms with E-state index in [-0.39, 0.29) is 37.0 Å². The third-order valence-electron chi connectivity index (χ3n) is 5.90. The Morgan fingerprint density at radius 2 is 2.04 bits per heavy atom. The van der Waals surface area contributed by atoms with Gasteiger partial charge in [-0.2, -0.15) is 0 Å². The molecule has 0 aliphatic carbocycles. The molecule has 2 amide bonds. The summed E-state index contributed by atoms with van der Waals surface area (Å²) in [5.74, 6) is -0.873. The van der Waals surface area contributed by atoms with Gasteiger partial charge in [0.1, 0.15) is 5.82 Å². The molecule has 154 valence electrons. The maximum Gasteiger partial charge on any atom is 0.231 e. The number of carbonyl (C=O) groups excluding carboxylic acids is 2. The number of sulfonamides is 1. The molecule has 2 saturated heterocycles. The first-order valence-corrected chi connectivity index (χ1v) is 10.9. The van der Waals surface area contributed by atoms with Gasteiger partial charge in [-0.3, -0.25) is 9.59 Å². The molecule has 0 bridgehead atoms. The molecule has 2 atom stereocenters. The first-order valence-electron chi connectivity index (χ1n) is 9.26. The normalized spacial score (nSPS) is 27.1. The van der Waals surface area contributed by atoms with Gasteiger partial charge in [0.05, 0.1) is 17.6 Å². The van der Waals surface area contributed by atoms with Crippen molar-refractivity contribution in [1.29, 1.82) is 0 Å². The van der Waals surface area contributed by atoms with Crippen LogP contribution in [0.3, 0.4) is 0 Å². The van der Waals surface area contributed by atoms with Crippen molar-refractivity contribution in [2.24, 2.45) is 5.41 Å². The summed E-state index contributed by atoms with van der Waals surface area (Å²) < 4.78 is 39.4. The van der Waals surface area contributed by atoms with Crippen LogP contribution in [0.25, 0.3) is 0 Å². The van der Waals surface area contributed by atoms with Crippen LogP contribution < -0.4 is 0 Å². The maximum absolute atomic E-state index is 13.4. The van der Waals surface area contributed by atoms with Crippen LogP contribution in [0.5, 0.6) is 0 Å². The first-order chi connectivity index (χ1) is 13.1. The van der Waals surface area contributed by atoms with Crippen molar-refractivity contribution in [3.63, 3.8) is 0 Å². The second-order valence-electron chi connectivity index (χ2n) is 7.86. The van der Waals surface area contributed by atoms with E-state index < -0.39 is 27.3 Å². The van der Waals surface area contributed by atoms with Gasteiger partial charge < -0.3 is 9.80 Å². The van der Waals surface area contributed by atoms with Crippen LogP contribution in [0.4, 0.5) is 4.39 Å². The zero-order chi connectivity index (χ0) is 20.7. The fraction of sp³-hybridized carbons (Fsp3) is 0.579. The fourth-order valence-corrected chi connectivity index (χ4v) is 6.02. The van der Waals surface area contributed by atoms with Crippen molar-refractivity contribution in [3.8, 4) is 0 Å². The van der Waals surface area contributed by atoms with Crippen LogP contribution in [0.15, 0.2) is 24.3 Å². The van der Waals surface area contributed by atoms with Crippen LogP contribution in [0, 0.1) is 11.2 Å². The molecule has 0 aromatic heterocycles. The number of halogens is 1. The predicted molar refractivity (Wildman–Crippen MR) is 102 cm³/mol. The lowest BCUT2D eigenvalue weighted by atomic mass is 9.72. The number of amides is 2. The molecular weight excluding hydrogens is 385 g/mol. The molecule has 3 rings (SSSR count). The van der Waals surface area contributed by atoms with Crippen LogP contribution in [-0.4, -0.2) is 80.4 Å². The molecule has 1 aromatic rings. The number of benzene rings is 1. The summed E-state index contributed by atoms with van der Waals surface area (Å²) in [5.41, 5.74) is -0.386. The topological polar surface area (TPSA) is 78.0 Å². The van der Waals surface area contributed by atoms with E-state index in [0.29, 0.717) is 18.5 Å². The number of rotatable bonds is 3. The molecule has 2 aliphatic heterocycles. The highest BCUT2D eigenvalue weighted by molar-refractivity contribution is 7.89. The van der Waals surface area contributed by atoms with Gasteiger partial charge in [0.25, 0.3) is 0 Å². The van der Waals surface area contributed by atoms with Gasteiger partial charge in [0.15, 0.2) is 0 Å². The second-order valence-corrected chi connectivity index (χ2v) is 10.0. The van der Waals surface area contributed by atoms with E-state index in [1.54, 1.807) is 31.1 Å². The molecule has 2 heterocycles. The van der Waals surface area contributed by atoms with Crippen LogP contribution in [0.2, 0.25) is 0 Å². The third kappa shape index (κ3) is 3.65. The number of carbonyl (C=O) groups is 2. The van der Waals surface area contributed by atoms with E-state index in [2.05, 4.69) is 0 Å². The van der Waals surface area contributed by atoms with E-state index in [1.165, 1.54) is 28.4 Å². The smallest absolute Gasteiger partial charge is 0.231 e. The summed E-state index contributed by atoms with van der Waals surface area (Å²) in [7, 11) is 1.40. The molecule has 7 nitrogen and oxygen atoms in total. The summed E-state index contributed by atoms with van der Waals surface area (Å²) >= 11 is 0. The molecule has 2 fully saturated rings. The predicted octanol–water partition coefficient (Wildman–Crippen LogP) is 0.709. The third-order valence-corrected chi connectivity index (χ3v) is 7.75. The van der Waals surface area contributed by atoms with Crippen LogP contribution in [0.1, 0.15) is 18.4 Å². The number of piperidine rings is 1. The zero-order valence-corrected chi connectivity index (χ0v) is 17.2. The second kappa shape index (κ2) is 7.44. The van der Waals surface area contributed by atoms with Crippen molar-refractivity contribution < 1.29 is 22.4 Å². The molecule has 28 heavy (non-hydrogen) atoms. The van der Waals surface area contributed by atoms with Gasteiger partial charge in [0.2, 0.25) is 21.8 Å². The average molecular weight is 411 g/mol. The van der Waals surface area contributed by atoms with Crippen molar-refractivity contribution in [2.45, 2.75) is 25.3 Å². The summed E-state index contributed by atoms with van der Waals surface area (Å²) in [6.07, 6.45) is 0.623. The largest absolute Gasteiger partial charge is 0.348 e. The van der Waals surface area contributed by atoms with Gasteiger partial charge in [-0.15, -0.1) is 0 Å². The molecule has 0 unspecified atom stereocenters. The maximum atomic E-state index is 13.4. The lowest BCUT2D eigenvalue weighted by Crippen LogP contribution is -2.67. The lowest BCUT2D eigenvalue weighted by molar-refractivity contribution is -0.152. The minimum absolute atomic E-state index is 0.0444. The van der Waals surface area contributed by atoms with Crippen molar-refractivity contribution in [3.05, 3.63) is 35.6 Å². The monoisotopic (exact) mass is 411 g/mol. The molecule has 9 heteroatoms. The minimum atomic E-state index is -3.40. The Balaban J connectivity index is 1.87. The Labute approximate surface area is 165 Å². The number of fused-ring (bicyclic) bond motifs is 1. The summed E-state index contributed by atoms with van der Waals surface area (Å²) in [6, 6.07) is 5.42. The molecule has 0 radical (unpaired) electrons. The van der Waals surface area contributed by atoms with E-state index in [0.717, 1.165) is 0 Å². The number of hydrogen-bond donors (Lipinski definition) is 0. The number of likely N-dealkylation sites (tertiary alicyclic amines) is 1. The van der Waals surface area contributed by atoms with E-state index in [4.69, 9.17) is 0 Å². The zero-order valence-electron chi connectivity index (χ0n) is 16.4.